The Morgan fingerprint density at radius 3 is 2.21 bits per heavy atom. The number of amides is 2. The van der Waals surface area contributed by atoms with E-state index in [1.54, 1.807) is 30.2 Å². The molecule has 2 rings (SSSR count). The molecule has 0 aliphatic heterocycles. The molecule has 33 heavy (non-hydrogen) atoms. The molecular formula is C25H32Cl2N2O3S. The second kappa shape index (κ2) is 12.5. The van der Waals surface area contributed by atoms with Crippen LogP contribution in [0.15, 0.2) is 42.5 Å². The molecule has 0 aromatic heterocycles. The van der Waals surface area contributed by atoms with E-state index in [0.717, 1.165) is 16.9 Å². The Kier molecular flexibility index (Phi) is 10.4. The number of ether oxygens (including phenoxy) is 1. The van der Waals surface area contributed by atoms with Crippen LogP contribution in [0.2, 0.25) is 10.0 Å². The van der Waals surface area contributed by atoms with Crippen molar-refractivity contribution in [2.75, 3.05) is 12.9 Å². The van der Waals surface area contributed by atoms with Gasteiger partial charge in [0.1, 0.15) is 11.8 Å². The molecule has 0 fully saturated rings. The molecule has 5 nitrogen and oxygen atoms in total. The van der Waals surface area contributed by atoms with Crippen LogP contribution in [0.5, 0.6) is 5.75 Å². The predicted molar refractivity (Wildman–Crippen MR) is 138 cm³/mol. The summed E-state index contributed by atoms with van der Waals surface area (Å²) in [5.74, 6) is 1.17. The van der Waals surface area contributed by atoms with E-state index in [-0.39, 0.29) is 17.6 Å². The van der Waals surface area contributed by atoms with Crippen molar-refractivity contribution in [1.29, 1.82) is 0 Å². The Balaban J connectivity index is 2.20. The fraction of sp³-hybridized carbons (Fsp3) is 0.440. The van der Waals surface area contributed by atoms with Crippen LogP contribution in [-0.4, -0.2) is 41.2 Å². The number of halogens is 2. The van der Waals surface area contributed by atoms with Crippen molar-refractivity contribution in [2.45, 2.75) is 58.0 Å². The summed E-state index contributed by atoms with van der Waals surface area (Å²) in [4.78, 5) is 28.0. The van der Waals surface area contributed by atoms with Crippen LogP contribution in [0, 0.1) is 0 Å². The van der Waals surface area contributed by atoms with Crippen molar-refractivity contribution in [2.24, 2.45) is 0 Å². The van der Waals surface area contributed by atoms with E-state index in [1.165, 1.54) is 11.8 Å². The zero-order valence-electron chi connectivity index (χ0n) is 19.8. The van der Waals surface area contributed by atoms with E-state index in [4.69, 9.17) is 27.9 Å². The van der Waals surface area contributed by atoms with Gasteiger partial charge in [-0.25, -0.2) is 0 Å². The molecule has 0 saturated carbocycles. The van der Waals surface area contributed by atoms with Crippen molar-refractivity contribution in [1.82, 2.24) is 10.2 Å². The number of nitrogens with one attached hydrogen (secondary N) is 1. The molecule has 0 bridgehead atoms. The number of thioether (sulfide) groups is 1. The van der Waals surface area contributed by atoms with Gasteiger partial charge in [0.25, 0.3) is 0 Å². The van der Waals surface area contributed by atoms with Gasteiger partial charge in [0.2, 0.25) is 11.8 Å². The fourth-order valence-electron chi connectivity index (χ4n) is 3.29. The first-order chi connectivity index (χ1) is 15.6. The minimum absolute atomic E-state index is 0.116. The third-order valence-corrected chi connectivity index (χ3v) is 6.58. The lowest BCUT2D eigenvalue weighted by atomic mass is 10.1. The maximum Gasteiger partial charge on any atom is 0.243 e. The molecule has 8 heteroatoms. The van der Waals surface area contributed by atoms with Gasteiger partial charge in [-0.2, -0.15) is 0 Å². The maximum absolute atomic E-state index is 13.3. The van der Waals surface area contributed by atoms with Crippen LogP contribution in [0.4, 0.5) is 0 Å². The highest BCUT2D eigenvalue weighted by atomic mass is 35.5. The minimum atomic E-state index is -0.580. The summed E-state index contributed by atoms with van der Waals surface area (Å²) >= 11 is 13.9. The number of hydrogen-bond donors (Lipinski definition) is 1. The van der Waals surface area contributed by atoms with Crippen molar-refractivity contribution in [3.8, 4) is 5.75 Å². The van der Waals surface area contributed by atoms with Crippen LogP contribution >= 0.6 is 35.0 Å². The van der Waals surface area contributed by atoms with Crippen LogP contribution in [0.25, 0.3) is 0 Å². The number of benzene rings is 2. The molecule has 180 valence electrons. The van der Waals surface area contributed by atoms with E-state index in [1.807, 2.05) is 52.0 Å². The van der Waals surface area contributed by atoms with E-state index < -0.39 is 11.6 Å². The van der Waals surface area contributed by atoms with Crippen molar-refractivity contribution in [3.05, 3.63) is 63.6 Å². The fourth-order valence-corrected chi connectivity index (χ4v) is 4.94. The molecule has 0 aliphatic carbocycles. The summed E-state index contributed by atoms with van der Waals surface area (Å²) in [7, 11) is 1.61. The molecule has 0 radical (unpaired) electrons. The smallest absolute Gasteiger partial charge is 0.243 e. The quantitative estimate of drug-likeness (QED) is 0.428. The van der Waals surface area contributed by atoms with Crippen LogP contribution in [0.3, 0.4) is 0 Å². The van der Waals surface area contributed by atoms with Gasteiger partial charge in [-0.05, 0) is 62.6 Å². The van der Waals surface area contributed by atoms with Crippen molar-refractivity contribution < 1.29 is 14.3 Å². The zero-order chi connectivity index (χ0) is 24.6. The maximum atomic E-state index is 13.3. The van der Waals surface area contributed by atoms with Crippen LogP contribution in [-0.2, 0) is 21.9 Å². The third-order valence-electron chi connectivity index (χ3n) is 4.93. The molecule has 2 amide bonds. The summed E-state index contributed by atoms with van der Waals surface area (Å²) in [6.07, 6.45) is 0.505. The van der Waals surface area contributed by atoms with Crippen molar-refractivity contribution in [3.63, 3.8) is 0 Å². The second-order valence-electron chi connectivity index (χ2n) is 8.73. The Labute approximate surface area is 211 Å². The lowest BCUT2D eigenvalue weighted by Crippen LogP contribution is -2.53. The predicted octanol–water partition coefficient (Wildman–Crippen LogP) is 5.96. The van der Waals surface area contributed by atoms with Gasteiger partial charge in [0.05, 0.1) is 12.9 Å². The van der Waals surface area contributed by atoms with E-state index in [9.17, 15) is 9.59 Å². The van der Waals surface area contributed by atoms with Gasteiger partial charge in [-0.15, -0.1) is 11.8 Å². The summed E-state index contributed by atoms with van der Waals surface area (Å²) < 4.78 is 5.23. The molecule has 0 saturated heterocycles. The first-order valence-electron chi connectivity index (χ1n) is 10.8. The monoisotopic (exact) mass is 510 g/mol. The van der Waals surface area contributed by atoms with E-state index in [0.29, 0.717) is 28.8 Å². The molecule has 0 spiro atoms. The average Bonchev–Trinajstić information content (AvgIpc) is 2.74. The number of methoxy groups -OCH3 is 1. The Morgan fingerprint density at radius 2 is 1.70 bits per heavy atom. The molecule has 0 heterocycles. The van der Waals surface area contributed by atoms with Crippen LogP contribution in [0.1, 0.15) is 45.2 Å². The Hall–Kier alpha value is -1.89. The molecular weight excluding hydrogens is 479 g/mol. The molecule has 1 N–H and O–H groups in total. The molecule has 1 atom stereocenters. The SMILES string of the molecule is CC[C@H](C(=O)NC(C)(C)C)N(Cc1ccc(OC)cc1)C(=O)CSCc1c(Cl)cccc1Cl. The van der Waals surface area contributed by atoms with Gasteiger partial charge in [0, 0.05) is 27.9 Å². The summed E-state index contributed by atoms with van der Waals surface area (Å²) in [5, 5.41) is 4.17. The highest BCUT2D eigenvalue weighted by molar-refractivity contribution is 7.99. The normalized spacial score (nSPS) is 12.2. The first-order valence-corrected chi connectivity index (χ1v) is 12.7. The van der Waals surface area contributed by atoms with E-state index >= 15 is 0 Å². The first kappa shape index (κ1) is 27.4. The van der Waals surface area contributed by atoms with Gasteiger partial charge < -0.3 is 15.0 Å². The van der Waals surface area contributed by atoms with Gasteiger partial charge in [-0.3, -0.25) is 9.59 Å². The number of carbonyl (C=O) groups is 2. The van der Waals surface area contributed by atoms with Gasteiger partial charge in [0.15, 0.2) is 0 Å². The van der Waals surface area contributed by atoms with Crippen molar-refractivity contribution >= 4 is 46.8 Å². The molecule has 0 unspecified atom stereocenters. The summed E-state index contributed by atoms with van der Waals surface area (Å²) in [5.41, 5.74) is 1.33. The highest BCUT2D eigenvalue weighted by Crippen LogP contribution is 2.28. The van der Waals surface area contributed by atoms with Gasteiger partial charge >= 0.3 is 0 Å². The van der Waals surface area contributed by atoms with E-state index in [2.05, 4.69) is 5.32 Å². The summed E-state index contributed by atoms with van der Waals surface area (Å²) in [6.45, 7) is 8.02. The Morgan fingerprint density at radius 1 is 1.09 bits per heavy atom. The largest absolute Gasteiger partial charge is 0.497 e. The third kappa shape index (κ3) is 8.43. The van der Waals surface area contributed by atoms with Gasteiger partial charge in [-0.1, -0.05) is 48.3 Å². The lowest BCUT2D eigenvalue weighted by Gasteiger charge is -2.33. The zero-order valence-corrected chi connectivity index (χ0v) is 22.1. The standard InChI is InChI=1S/C25H32Cl2N2O3S/c1-6-22(24(31)28-25(2,3)4)29(14-17-10-12-18(32-5)13-11-17)23(30)16-33-15-19-20(26)8-7-9-21(19)27/h7-13,22H,6,14-16H2,1-5H3,(H,28,31)/t22-/m1/s1. The molecule has 2 aromatic carbocycles. The highest BCUT2D eigenvalue weighted by Gasteiger charge is 2.30. The number of carbonyl (C=O) groups excluding carboxylic acids is 2. The number of nitrogens with zero attached hydrogens (tertiary/aromatic N) is 1. The number of rotatable bonds is 10. The average molecular weight is 512 g/mol. The second-order valence-corrected chi connectivity index (χ2v) is 10.5. The molecule has 0 aliphatic rings. The number of hydrogen-bond acceptors (Lipinski definition) is 4. The molecule has 2 aromatic rings. The summed E-state index contributed by atoms with van der Waals surface area (Å²) in [6, 6.07) is 12.3. The minimum Gasteiger partial charge on any atom is -0.497 e. The lowest BCUT2D eigenvalue weighted by molar-refractivity contribution is -0.140. The van der Waals surface area contributed by atoms with Crippen LogP contribution < -0.4 is 10.1 Å². The topological polar surface area (TPSA) is 58.6 Å². The Bertz CT molecular complexity index is 925.